The molecule has 296 valence electrons. The number of piperidine rings is 1. The minimum atomic E-state index is -4.78. The first kappa shape index (κ1) is 39.8. The van der Waals surface area contributed by atoms with Gasteiger partial charge in [-0.25, -0.2) is 0 Å². The van der Waals surface area contributed by atoms with Crippen molar-refractivity contribution in [3.8, 4) is 62.6 Å². The van der Waals surface area contributed by atoms with Crippen LogP contribution in [0.2, 0.25) is 0 Å². The summed E-state index contributed by atoms with van der Waals surface area (Å²) in [6.07, 6.45) is 2.24. The normalized spacial score (nSPS) is 13.5. The summed E-state index contributed by atoms with van der Waals surface area (Å²) in [5, 5.41) is 0. The van der Waals surface area contributed by atoms with Crippen molar-refractivity contribution in [2.24, 2.45) is 0 Å². The Labute approximate surface area is 324 Å². The average molecular weight is 775 g/mol. The smallest absolute Gasteiger partial charge is 0.493 e. The van der Waals surface area contributed by atoms with Crippen LogP contribution in [0.3, 0.4) is 0 Å². The minimum Gasteiger partial charge on any atom is -0.493 e. The fraction of sp³-hybridized carbons (Fsp3) is 0.333. The van der Waals surface area contributed by atoms with Crippen LogP contribution < -0.4 is 38.1 Å². The Kier molecular flexibility index (Phi) is 12.6. The molecule has 0 bridgehead atoms. The van der Waals surface area contributed by atoms with Gasteiger partial charge < -0.3 is 38.1 Å². The van der Waals surface area contributed by atoms with Crippen LogP contribution in [-0.4, -0.2) is 83.0 Å². The Hall–Kier alpha value is -5.89. The molecular weight excluding hydrogens is 729 g/mol. The van der Waals surface area contributed by atoms with Crippen LogP contribution >= 0.6 is 0 Å². The number of nitrogens with zero attached hydrogens (tertiary/aromatic N) is 4. The van der Waals surface area contributed by atoms with Gasteiger partial charge in [-0.1, -0.05) is 0 Å². The van der Waals surface area contributed by atoms with Crippen LogP contribution in [0.1, 0.15) is 24.0 Å². The first-order valence-electron chi connectivity index (χ1n) is 17.9. The molecule has 0 spiro atoms. The van der Waals surface area contributed by atoms with Crippen molar-refractivity contribution in [1.29, 1.82) is 0 Å². The molecule has 0 radical (unpaired) electrons. The fourth-order valence-electron chi connectivity index (χ4n) is 7.05. The summed E-state index contributed by atoms with van der Waals surface area (Å²) in [6, 6.07) is 19.8. The number of pyridine rings is 2. The van der Waals surface area contributed by atoms with E-state index in [1.807, 2.05) is 36.4 Å². The van der Waals surface area contributed by atoms with Gasteiger partial charge in [-0.2, -0.15) is 0 Å². The van der Waals surface area contributed by atoms with E-state index < -0.39 is 6.36 Å². The maximum Gasteiger partial charge on any atom is 0.573 e. The molecule has 0 aliphatic carbocycles. The molecule has 0 N–H and O–H groups in total. The number of hydrogen-bond acceptors (Lipinski definition) is 11. The summed E-state index contributed by atoms with van der Waals surface area (Å²) in [5.41, 5.74) is 6.09. The molecule has 1 aliphatic rings. The third-order valence-corrected chi connectivity index (χ3v) is 9.74. The standard InChI is InChI=1S/C42H45F3N4O7/c1-50-36-19-29(20-37(51-2)40(36)54-5)31-17-28(23-46-24-31)26-49(32-7-9-34(10-8-32)56-42(43,44)45)33-12-15-48(16-13-33)25-27-11-14-47-35(18-27)30-21-38(52-3)41(55-6)39(22-30)53-4/h7-11,14,17-24,33H,12-13,15-16,25-26H2,1-6H3. The molecule has 3 aromatic carbocycles. The number of aromatic nitrogens is 2. The zero-order chi connectivity index (χ0) is 39.8. The Balaban J connectivity index is 1.22. The average Bonchev–Trinajstić information content (AvgIpc) is 3.22. The molecular formula is C42H45F3N4O7. The highest BCUT2D eigenvalue weighted by atomic mass is 19.4. The van der Waals surface area contributed by atoms with Crippen molar-refractivity contribution in [2.75, 3.05) is 60.6 Å². The number of ether oxygens (including phenoxy) is 7. The lowest BCUT2D eigenvalue weighted by molar-refractivity contribution is -0.274. The van der Waals surface area contributed by atoms with E-state index in [-0.39, 0.29) is 11.8 Å². The predicted molar refractivity (Wildman–Crippen MR) is 206 cm³/mol. The molecule has 56 heavy (non-hydrogen) atoms. The molecule has 5 aromatic rings. The highest BCUT2D eigenvalue weighted by Gasteiger charge is 2.31. The van der Waals surface area contributed by atoms with Gasteiger partial charge in [0.25, 0.3) is 0 Å². The van der Waals surface area contributed by atoms with Gasteiger partial charge in [-0.05, 0) is 96.3 Å². The highest BCUT2D eigenvalue weighted by molar-refractivity contribution is 5.71. The molecule has 1 aliphatic heterocycles. The van der Waals surface area contributed by atoms with Gasteiger partial charge in [-0.3, -0.25) is 14.9 Å². The molecule has 0 unspecified atom stereocenters. The number of anilines is 1. The third kappa shape index (κ3) is 9.31. The number of likely N-dealkylation sites (tertiary alicyclic amines) is 1. The van der Waals surface area contributed by atoms with Crippen LogP contribution in [0, 0.1) is 0 Å². The minimum absolute atomic E-state index is 0.0951. The second-order valence-corrected chi connectivity index (χ2v) is 13.1. The maximum absolute atomic E-state index is 13.0. The van der Waals surface area contributed by atoms with E-state index in [2.05, 4.69) is 30.6 Å². The quantitative estimate of drug-likeness (QED) is 0.103. The summed E-state index contributed by atoms with van der Waals surface area (Å²) in [4.78, 5) is 13.8. The van der Waals surface area contributed by atoms with Crippen molar-refractivity contribution >= 4 is 5.69 Å². The van der Waals surface area contributed by atoms with Gasteiger partial charge >= 0.3 is 6.36 Å². The second-order valence-electron chi connectivity index (χ2n) is 13.1. The van der Waals surface area contributed by atoms with Crippen molar-refractivity contribution in [3.05, 3.63) is 96.4 Å². The van der Waals surface area contributed by atoms with E-state index >= 15 is 0 Å². The number of hydrogen-bond donors (Lipinski definition) is 0. The van der Waals surface area contributed by atoms with Crippen molar-refractivity contribution in [2.45, 2.75) is 38.3 Å². The van der Waals surface area contributed by atoms with Crippen LogP contribution in [0.5, 0.6) is 40.2 Å². The monoisotopic (exact) mass is 774 g/mol. The first-order valence-corrected chi connectivity index (χ1v) is 17.9. The van der Waals surface area contributed by atoms with E-state index in [4.69, 9.17) is 28.4 Å². The Morgan fingerprint density at radius 2 is 1.23 bits per heavy atom. The molecule has 3 heterocycles. The van der Waals surface area contributed by atoms with Gasteiger partial charge in [0.05, 0.1) is 48.4 Å². The van der Waals surface area contributed by atoms with Gasteiger partial charge in [0.2, 0.25) is 11.5 Å². The zero-order valence-corrected chi connectivity index (χ0v) is 32.2. The van der Waals surface area contributed by atoms with Crippen molar-refractivity contribution in [1.82, 2.24) is 14.9 Å². The molecule has 11 nitrogen and oxygen atoms in total. The summed E-state index contributed by atoms with van der Waals surface area (Å²) < 4.78 is 76.4. The fourth-order valence-corrected chi connectivity index (χ4v) is 7.05. The largest absolute Gasteiger partial charge is 0.573 e. The van der Waals surface area contributed by atoms with Crippen LogP contribution in [0.4, 0.5) is 18.9 Å². The first-order chi connectivity index (χ1) is 27.1. The van der Waals surface area contributed by atoms with Gasteiger partial charge in [0, 0.05) is 67.6 Å². The Morgan fingerprint density at radius 3 is 1.77 bits per heavy atom. The Morgan fingerprint density at radius 1 is 0.661 bits per heavy atom. The summed E-state index contributed by atoms with van der Waals surface area (Å²) in [5.74, 6) is 2.86. The molecule has 14 heteroatoms. The number of rotatable bonds is 15. The van der Waals surface area contributed by atoms with E-state index in [0.29, 0.717) is 41.0 Å². The topological polar surface area (TPSA) is 96.9 Å². The number of halogens is 3. The van der Waals surface area contributed by atoms with Gasteiger partial charge in [0.1, 0.15) is 5.75 Å². The number of methoxy groups -OCH3 is 6. The summed E-state index contributed by atoms with van der Waals surface area (Å²) >= 11 is 0. The molecule has 0 amide bonds. The molecule has 2 aromatic heterocycles. The van der Waals surface area contributed by atoms with Crippen molar-refractivity contribution in [3.63, 3.8) is 0 Å². The van der Waals surface area contributed by atoms with Crippen molar-refractivity contribution < 1.29 is 46.3 Å². The lowest BCUT2D eigenvalue weighted by Crippen LogP contribution is -2.44. The lowest BCUT2D eigenvalue weighted by Gasteiger charge is -2.40. The van der Waals surface area contributed by atoms with E-state index in [1.165, 1.54) is 12.1 Å². The Bertz CT molecular complexity index is 2040. The van der Waals surface area contributed by atoms with Gasteiger partial charge in [0.15, 0.2) is 23.0 Å². The van der Waals surface area contributed by atoms with E-state index in [0.717, 1.165) is 71.7 Å². The SMILES string of the molecule is COc1cc(-c2cncc(CN(c3ccc(OC(F)(F)F)cc3)C3CCN(Cc4ccnc(-c5cc(OC)c(OC)c(OC)c5)c4)CC3)c2)cc(OC)c1OC. The number of alkyl halides is 3. The number of benzene rings is 3. The van der Waals surface area contributed by atoms with Crippen LogP contribution in [-0.2, 0) is 13.1 Å². The zero-order valence-electron chi connectivity index (χ0n) is 32.2. The van der Waals surface area contributed by atoms with E-state index in [9.17, 15) is 13.2 Å². The predicted octanol–water partition coefficient (Wildman–Crippen LogP) is 8.43. The molecule has 6 rings (SSSR count). The second kappa shape index (κ2) is 17.7. The molecule has 0 atom stereocenters. The summed E-state index contributed by atoms with van der Waals surface area (Å²) in [6.45, 7) is 2.80. The highest BCUT2D eigenvalue weighted by Crippen LogP contribution is 2.42. The molecule has 0 saturated carbocycles. The lowest BCUT2D eigenvalue weighted by atomic mass is 9.99. The van der Waals surface area contributed by atoms with Crippen LogP contribution in [0.25, 0.3) is 22.4 Å². The van der Waals surface area contributed by atoms with E-state index in [1.54, 1.807) is 73.4 Å². The third-order valence-electron chi connectivity index (χ3n) is 9.74. The summed E-state index contributed by atoms with van der Waals surface area (Å²) in [7, 11) is 9.42. The molecule has 1 fully saturated rings. The maximum atomic E-state index is 13.0. The molecule has 1 saturated heterocycles. The van der Waals surface area contributed by atoms with Gasteiger partial charge in [-0.15, -0.1) is 13.2 Å². The van der Waals surface area contributed by atoms with Crippen LogP contribution in [0.15, 0.2) is 85.3 Å².